The maximum Gasteiger partial charge on any atom is 0.195 e. The first kappa shape index (κ1) is 21.3. The topological polar surface area (TPSA) is 58.1 Å². The first-order valence-corrected chi connectivity index (χ1v) is 9.68. The normalized spacial score (nSPS) is 15.5. The average Bonchev–Trinajstić information content (AvgIpc) is 3.17. The summed E-state index contributed by atoms with van der Waals surface area (Å²) in [7, 11) is 1.77. The van der Waals surface area contributed by atoms with Crippen LogP contribution < -0.4 is 25.0 Å². The zero-order chi connectivity index (χ0) is 19.2. The van der Waals surface area contributed by atoms with Gasteiger partial charge in [-0.25, -0.2) is 0 Å². The molecule has 0 radical (unpaired) electrons. The van der Waals surface area contributed by atoms with Crippen molar-refractivity contribution < 1.29 is 9.47 Å². The first-order chi connectivity index (χ1) is 13.8. The summed E-state index contributed by atoms with van der Waals surface area (Å²) in [5, 5.41) is 6.70. The van der Waals surface area contributed by atoms with E-state index < -0.39 is 0 Å². The van der Waals surface area contributed by atoms with Crippen molar-refractivity contribution in [3.63, 3.8) is 0 Å². The van der Waals surface area contributed by atoms with Crippen molar-refractivity contribution in [2.75, 3.05) is 43.6 Å². The number of fused-ring (bicyclic) bond motifs is 1. The highest BCUT2D eigenvalue weighted by molar-refractivity contribution is 14.0. The smallest absolute Gasteiger partial charge is 0.195 e. The summed E-state index contributed by atoms with van der Waals surface area (Å²) in [6.45, 7) is 4.01. The van der Waals surface area contributed by atoms with Gasteiger partial charge in [-0.1, -0.05) is 24.3 Å². The fourth-order valence-electron chi connectivity index (χ4n) is 3.29. The van der Waals surface area contributed by atoms with Crippen molar-refractivity contribution >= 4 is 41.3 Å². The third-order valence-corrected chi connectivity index (χ3v) is 4.79. The number of guanidine groups is 1. The standard InChI is InChI=1S/C22H26N4O2.HI/c1-23-22(25-18-8-9-20-21(15-18)28-13-5-12-27-20)24-16-17-6-4-7-19(14-17)26-10-2-3-11-26;/h2-4,6-9,14-15H,5,10-13,16H2,1H3,(H2,23,24,25);1H. The van der Waals surface area contributed by atoms with E-state index in [0.29, 0.717) is 25.7 Å². The molecule has 0 spiro atoms. The van der Waals surface area contributed by atoms with Crippen LogP contribution in [0, 0.1) is 0 Å². The van der Waals surface area contributed by atoms with Gasteiger partial charge in [-0.05, 0) is 29.8 Å². The van der Waals surface area contributed by atoms with Gasteiger partial charge in [0.25, 0.3) is 0 Å². The minimum absolute atomic E-state index is 0. The average molecular weight is 506 g/mol. The van der Waals surface area contributed by atoms with Crippen LogP contribution in [0.1, 0.15) is 12.0 Å². The SMILES string of the molecule is CN=C(NCc1cccc(N2CC=CC2)c1)Nc1ccc2c(c1)OCCCO2.I. The van der Waals surface area contributed by atoms with E-state index in [4.69, 9.17) is 9.47 Å². The highest BCUT2D eigenvalue weighted by Crippen LogP contribution is 2.32. The fourth-order valence-corrected chi connectivity index (χ4v) is 3.29. The summed E-state index contributed by atoms with van der Waals surface area (Å²) in [6, 6.07) is 14.5. The molecule has 0 atom stereocenters. The van der Waals surface area contributed by atoms with Crippen molar-refractivity contribution in [3.8, 4) is 11.5 Å². The zero-order valence-corrected chi connectivity index (χ0v) is 18.9. The van der Waals surface area contributed by atoms with Gasteiger partial charge in [0.2, 0.25) is 0 Å². The molecular formula is C22H27IN4O2. The Labute approximate surface area is 189 Å². The minimum atomic E-state index is 0. The monoisotopic (exact) mass is 506 g/mol. The lowest BCUT2D eigenvalue weighted by Gasteiger charge is -2.19. The van der Waals surface area contributed by atoms with Crippen molar-refractivity contribution in [1.82, 2.24) is 5.32 Å². The lowest BCUT2D eigenvalue weighted by atomic mass is 10.2. The highest BCUT2D eigenvalue weighted by Gasteiger charge is 2.12. The highest BCUT2D eigenvalue weighted by atomic mass is 127. The molecule has 0 saturated heterocycles. The minimum Gasteiger partial charge on any atom is -0.490 e. The molecule has 0 unspecified atom stereocenters. The van der Waals surface area contributed by atoms with Crippen LogP contribution in [0.5, 0.6) is 11.5 Å². The molecule has 0 amide bonds. The van der Waals surface area contributed by atoms with Crippen LogP contribution in [0.4, 0.5) is 11.4 Å². The molecule has 2 aliphatic rings. The third-order valence-electron chi connectivity index (χ3n) is 4.79. The van der Waals surface area contributed by atoms with E-state index in [2.05, 4.69) is 56.9 Å². The second kappa shape index (κ2) is 10.4. The number of aliphatic imine (C=N–C) groups is 1. The van der Waals surface area contributed by atoms with E-state index in [1.807, 2.05) is 18.2 Å². The Balaban J connectivity index is 0.00000240. The van der Waals surface area contributed by atoms with Gasteiger partial charge in [0.05, 0.1) is 13.2 Å². The van der Waals surface area contributed by atoms with Gasteiger partial charge in [0.1, 0.15) is 0 Å². The van der Waals surface area contributed by atoms with Crippen molar-refractivity contribution in [2.24, 2.45) is 4.99 Å². The summed E-state index contributed by atoms with van der Waals surface area (Å²) in [4.78, 5) is 6.67. The summed E-state index contributed by atoms with van der Waals surface area (Å²) in [6.07, 6.45) is 5.30. The molecule has 4 rings (SSSR count). The second-order valence-corrected chi connectivity index (χ2v) is 6.81. The van der Waals surface area contributed by atoms with Crippen LogP contribution in [0.25, 0.3) is 0 Å². The molecule has 0 fully saturated rings. The quantitative estimate of drug-likeness (QED) is 0.284. The van der Waals surface area contributed by atoms with Gasteiger partial charge >= 0.3 is 0 Å². The largest absolute Gasteiger partial charge is 0.490 e. The van der Waals surface area contributed by atoms with Crippen molar-refractivity contribution in [3.05, 3.63) is 60.2 Å². The Morgan fingerprint density at radius 3 is 2.62 bits per heavy atom. The number of rotatable bonds is 4. The van der Waals surface area contributed by atoms with Gasteiger partial charge in [0, 0.05) is 50.5 Å². The number of ether oxygens (including phenoxy) is 2. The molecule has 0 bridgehead atoms. The zero-order valence-electron chi connectivity index (χ0n) is 16.6. The van der Waals surface area contributed by atoms with E-state index in [1.54, 1.807) is 7.05 Å². The third kappa shape index (κ3) is 5.56. The van der Waals surface area contributed by atoms with E-state index >= 15 is 0 Å². The Morgan fingerprint density at radius 1 is 1.03 bits per heavy atom. The van der Waals surface area contributed by atoms with Crippen molar-refractivity contribution in [2.45, 2.75) is 13.0 Å². The Hall–Kier alpha value is -2.42. The molecule has 2 heterocycles. The molecule has 2 aromatic rings. The van der Waals surface area contributed by atoms with Gasteiger partial charge in [0.15, 0.2) is 17.5 Å². The molecule has 6 nitrogen and oxygen atoms in total. The number of hydrogen-bond acceptors (Lipinski definition) is 4. The van der Waals surface area contributed by atoms with Crippen molar-refractivity contribution in [1.29, 1.82) is 0 Å². The number of benzene rings is 2. The van der Waals surface area contributed by atoms with Crippen LogP contribution in [0.2, 0.25) is 0 Å². The van der Waals surface area contributed by atoms with Crippen LogP contribution in [0.15, 0.2) is 59.6 Å². The Kier molecular flexibility index (Phi) is 7.62. The molecule has 2 aliphatic heterocycles. The molecule has 0 saturated carbocycles. The summed E-state index contributed by atoms with van der Waals surface area (Å²) in [5.74, 6) is 2.27. The fraction of sp³-hybridized carbons (Fsp3) is 0.318. The number of hydrogen-bond donors (Lipinski definition) is 2. The number of anilines is 2. The van der Waals surface area contributed by atoms with Gasteiger partial charge < -0.3 is 25.0 Å². The van der Waals surface area contributed by atoms with Gasteiger partial charge in [-0.15, -0.1) is 24.0 Å². The lowest BCUT2D eigenvalue weighted by molar-refractivity contribution is 0.297. The molecule has 29 heavy (non-hydrogen) atoms. The Morgan fingerprint density at radius 2 is 1.83 bits per heavy atom. The number of halogens is 1. The number of nitrogens with zero attached hydrogens (tertiary/aromatic N) is 2. The van der Waals surface area contributed by atoms with E-state index in [0.717, 1.165) is 36.7 Å². The van der Waals surface area contributed by atoms with E-state index in [1.165, 1.54) is 11.3 Å². The van der Waals surface area contributed by atoms with E-state index in [9.17, 15) is 0 Å². The van der Waals surface area contributed by atoms with E-state index in [-0.39, 0.29) is 24.0 Å². The predicted molar refractivity (Wildman–Crippen MR) is 129 cm³/mol. The second-order valence-electron chi connectivity index (χ2n) is 6.81. The van der Waals surface area contributed by atoms with Crippen LogP contribution in [-0.2, 0) is 6.54 Å². The maximum absolute atomic E-state index is 5.76. The summed E-state index contributed by atoms with van der Waals surface area (Å²) < 4.78 is 11.4. The first-order valence-electron chi connectivity index (χ1n) is 9.68. The molecule has 154 valence electrons. The Bertz CT molecular complexity index is 877. The van der Waals surface area contributed by atoms with Crippen LogP contribution in [0.3, 0.4) is 0 Å². The molecule has 0 aliphatic carbocycles. The summed E-state index contributed by atoms with van der Waals surface area (Å²) in [5.41, 5.74) is 3.37. The predicted octanol–water partition coefficient (Wildman–Crippen LogP) is 4.03. The molecule has 2 N–H and O–H groups in total. The number of nitrogens with one attached hydrogen (secondary N) is 2. The lowest BCUT2D eigenvalue weighted by Crippen LogP contribution is -2.30. The summed E-state index contributed by atoms with van der Waals surface area (Å²) >= 11 is 0. The molecule has 7 heteroatoms. The van der Waals surface area contributed by atoms with Gasteiger partial charge in [-0.3, -0.25) is 4.99 Å². The van der Waals surface area contributed by atoms with Crippen LogP contribution in [-0.4, -0.2) is 39.3 Å². The molecular weight excluding hydrogens is 479 g/mol. The van der Waals surface area contributed by atoms with Gasteiger partial charge in [-0.2, -0.15) is 0 Å². The molecule has 2 aromatic carbocycles. The van der Waals surface area contributed by atoms with Crippen LogP contribution >= 0.6 is 24.0 Å². The maximum atomic E-state index is 5.76. The molecule has 0 aromatic heterocycles.